The highest BCUT2D eigenvalue weighted by Crippen LogP contribution is 2.23. The van der Waals surface area contributed by atoms with Crippen LogP contribution in [0.15, 0.2) is 72.8 Å². The molecule has 33 heavy (non-hydrogen) atoms. The predicted octanol–water partition coefficient (Wildman–Crippen LogP) is 4.54. The van der Waals surface area contributed by atoms with Gasteiger partial charge in [-0.1, -0.05) is 48.5 Å². The monoisotopic (exact) mass is 446 g/mol. The van der Waals surface area contributed by atoms with E-state index >= 15 is 0 Å². The fourth-order valence-corrected chi connectivity index (χ4v) is 3.83. The van der Waals surface area contributed by atoms with Crippen LogP contribution in [-0.4, -0.2) is 49.9 Å². The molecule has 0 fully saturated rings. The summed E-state index contributed by atoms with van der Waals surface area (Å²) in [4.78, 5) is 0. The molecular weight excluding hydrogens is 416 g/mol. The van der Waals surface area contributed by atoms with Crippen LogP contribution in [0.3, 0.4) is 0 Å². The lowest BCUT2D eigenvalue weighted by Gasteiger charge is -2.10. The predicted molar refractivity (Wildman–Crippen MR) is 131 cm³/mol. The number of aliphatic hydroxyl groups is 2. The fraction of sp³-hybridized carbons (Fsp3) is 0.286. The lowest BCUT2D eigenvalue weighted by atomic mass is 10.1. The second-order valence-corrected chi connectivity index (χ2v) is 7.94. The number of aliphatic hydroxyl groups excluding tert-OH is 2. The van der Waals surface area contributed by atoms with Crippen molar-refractivity contribution in [3.63, 3.8) is 0 Å². The molecule has 0 aliphatic rings. The first-order chi connectivity index (χ1) is 16.2. The minimum Gasteiger partial charge on any atom is -0.491 e. The Kier molecular flexibility index (Phi) is 8.14. The Hall–Kier alpha value is -3.12. The molecule has 0 aliphatic heterocycles. The zero-order chi connectivity index (χ0) is 22.9. The first-order valence-electron chi connectivity index (χ1n) is 11.4. The van der Waals surface area contributed by atoms with E-state index in [2.05, 4.69) is 24.3 Å². The molecule has 4 rings (SSSR count). The number of fused-ring (bicyclic) bond motifs is 2. The van der Waals surface area contributed by atoms with Crippen molar-refractivity contribution in [2.75, 3.05) is 39.6 Å². The average Bonchev–Trinajstić information content (AvgIpc) is 2.84. The first-order valence-corrected chi connectivity index (χ1v) is 11.4. The van der Waals surface area contributed by atoms with E-state index in [1.807, 2.05) is 48.5 Å². The lowest BCUT2D eigenvalue weighted by molar-refractivity contribution is 0.0765. The molecule has 0 spiro atoms. The van der Waals surface area contributed by atoms with Crippen LogP contribution >= 0.6 is 0 Å². The van der Waals surface area contributed by atoms with Gasteiger partial charge < -0.3 is 24.4 Å². The van der Waals surface area contributed by atoms with Gasteiger partial charge in [0.05, 0.1) is 13.2 Å². The molecule has 0 aromatic heterocycles. The van der Waals surface area contributed by atoms with Gasteiger partial charge in [0.1, 0.15) is 24.7 Å². The number of benzene rings is 4. The van der Waals surface area contributed by atoms with Gasteiger partial charge in [-0.2, -0.15) is 0 Å². The number of hydrogen-bond acceptors (Lipinski definition) is 5. The molecule has 0 bridgehead atoms. The smallest absolute Gasteiger partial charge is 0.120 e. The van der Waals surface area contributed by atoms with Gasteiger partial charge in [0.25, 0.3) is 0 Å². The highest BCUT2D eigenvalue weighted by Gasteiger charge is 2.02. The van der Waals surface area contributed by atoms with Crippen LogP contribution < -0.4 is 9.47 Å². The third-order valence-electron chi connectivity index (χ3n) is 5.55. The molecule has 0 amide bonds. The molecule has 172 valence electrons. The maximum atomic E-state index is 9.08. The Balaban J connectivity index is 1.17. The SMILES string of the molecule is OCCc1ccc2cc(OCCOCCOc3ccc4cc(CCO)ccc4c3)ccc2c1. The van der Waals surface area contributed by atoms with Gasteiger partial charge >= 0.3 is 0 Å². The molecule has 4 aromatic carbocycles. The van der Waals surface area contributed by atoms with Gasteiger partial charge in [-0.15, -0.1) is 0 Å². The number of hydrogen-bond donors (Lipinski definition) is 2. The van der Waals surface area contributed by atoms with E-state index in [-0.39, 0.29) is 13.2 Å². The summed E-state index contributed by atoms with van der Waals surface area (Å²) in [5.41, 5.74) is 2.26. The molecule has 0 saturated carbocycles. The van der Waals surface area contributed by atoms with Crippen LogP contribution in [0.2, 0.25) is 0 Å². The van der Waals surface area contributed by atoms with Crippen molar-refractivity contribution in [2.24, 2.45) is 0 Å². The van der Waals surface area contributed by atoms with Crippen molar-refractivity contribution < 1.29 is 24.4 Å². The highest BCUT2D eigenvalue weighted by atomic mass is 16.5. The summed E-state index contributed by atoms with van der Waals surface area (Å²) in [5.74, 6) is 1.63. The summed E-state index contributed by atoms with van der Waals surface area (Å²) in [5, 5.41) is 22.7. The molecule has 4 aromatic rings. The summed E-state index contributed by atoms with van der Waals surface area (Å²) < 4.78 is 17.3. The molecule has 0 atom stereocenters. The van der Waals surface area contributed by atoms with Crippen LogP contribution in [0.1, 0.15) is 11.1 Å². The maximum Gasteiger partial charge on any atom is 0.120 e. The minimum atomic E-state index is 0.160. The molecule has 5 nitrogen and oxygen atoms in total. The van der Waals surface area contributed by atoms with Gasteiger partial charge in [-0.05, 0) is 69.8 Å². The average molecular weight is 447 g/mol. The van der Waals surface area contributed by atoms with E-state index < -0.39 is 0 Å². The van der Waals surface area contributed by atoms with Crippen molar-refractivity contribution in [1.29, 1.82) is 0 Å². The molecule has 0 unspecified atom stereocenters. The molecule has 0 saturated heterocycles. The van der Waals surface area contributed by atoms with Crippen LogP contribution in [0.25, 0.3) is 21.5 Å². The molecule has 0 radical (unpaired) electrons. The molecule has 5 heteroatoms. The first kappa shape index (κ1) is 23.1. The van der Waals surface area contributed by atoms with Crippen molar-refractivity contribution in [2.45, 2.75) is 12.8 Å². The van der Waals surface area contributed by atoms with E-state index in [0.29, 0.717) is 39.3 Å². The van der Waals surface area contributed by atoms with Crippen LogP contribution in [0, 0.1) is 0 Å². The normalized spacial score (nSPS) is 11.2. The topological polar surface area (TPSA) is 68.2 Å². The maximum absolute atomic E-state index is 9.08. The van der Waals surface area contributed by atoms with Gasteiger partial charge in [-0.3, -0.25) is 0 Å². The van der Waals surface area contributed by atoms with Crippen LogP contribution in [0.5, 0.6) is 11.5 Å². The van der Waals surface area contributed by atoms with Crippen molar-refractivity contribution in [3.8, 4) is 11.5 Å². The van der Waals surface area contributed by atoms with Gasteiger partial charge in [0.2, 0.25) is 0 Å². The minimum absolute atomic E-state index is 0.160. The lowest BCUT2D eigenvalue weighted by Crippen LogP contribution is -2.12. The fourth-order valence-electron chi connectivity index (χ4n) is 3.83. The van der Waals surface area contributed by atoms with E-state index in [1.54, 1.807) is 0 Å². The van der Waals surface area contributed by atoms with E-state index in [4.69, 9.17) is 24.4 Å². The number of rotatable bonds is 12. The zero-order valence-electron chi connectivity index (χ0n) is 18.7. The summed E-state index contributed by atoms with van der Waals surface area (Å²) in [6.07, 6.45) is 1.34. The highest BCUT2D eigenvalue weighted by molar-refractivity contribution is 5.85. The summed E-state index contributed by atoms with van der Waals surface area (Å²) in [6.45, 7) is 2.24. The van der Waals surface area contributed by atoms with Crippen molar-refractivity contribution in [1.82, 2.24) is 0 Å². The zero-order valence-corrected chi connectivity index (χ0v) is 18.7. The van der Waals surface area contributed by atoms with Crippen molar-refractivity contribution >= 4 is 21.5 Å². The summed E-state index contributed by atoms with van der Waals surface area (Å²) in [6, 6.07) is 24.4. The Morgan fingerprint density at radius 2 is 0.909 bits per heavy atom. The second-order valence-electron chi connectivity index (χ2n) is 7.94. The van der Waals surface area contributed by atoms with Crippen LogP contribution in [0.4, 0.5) is 0 Å². The third kappa shape index (κ3) is 6.45. The largest absolute Gasteiger partial charge is 0.491 e. The van der Waals surface area contributed by atoms with E-state index in [1.165, 1.54) is 0 Å². The van der Waals surface area contributed by atoms with Gasteiger partial charge in [0, 0.05) is 13.2 Å². The Morgan fingerprint density at radius 3 is 1.36 bits per heavy atom. The molecule has 2 N–H and O–H groups in total. The quantitative estimate of drug-likeness (QED) is 0.313. The van der Waals surface area contributed by atoms with Crippen molar-refractivity contribution in [3.05, 3.63) is 83.9 Å². The molecule has 0 heterocycles. The Bertz CT molecular complexity index is 1090. The Labute approximate surface area is 194 Å². The van der Waals surface area contributed by atoms with Gasteiger partial charge in [-0.25, -0.2) is 0 Å². The molecule has 0 aliphatic carbocycles. The summed E-state index contributed by atoms with van der Waals surface area (Å²) >= 11 is 0. The van der Waals surface area contributed by atoms with E-state index in [0.717, 1.165) is 44.2 Å². The standard InChI is InChI=1S/C28H30O5/c29-11-9-21-1-3-25-19-27(7-5-23(25)17-21)32-15-13-31-14-16-33-28-8-6-24-18-22(10-12-30)2-4-26(24)20-28/h1-8,17-20,29-30H,9-16H2. The summed E-state index contributed by atoms with van der Waals surface area (Å²) in [7, 11) is 0. The van der Waals surface area contributed by atoms with Crippen LogP contribution in [-0.2, 0) is 17.6 Å². The molecular formula is C28H30O5. The third-order valence-corrected chi connectivity index (χ3v) is 5.55. The van der Waals surface area contributed by atoms with Gasteiger partial charge in [0.15, 0.2) is 0 Å². The van der Waals surface area contributed by atoms with E-state index in [9.17, 15) is 0 Å². The Morgan fingerprint density at radius 1 is 0.485 bits per heavy atom. The second kappa shape index (κ2) is 11.7. The number of ether oxygens (including phenoxy) is 3.